The fraction of sp³-hybridized carbons (Fsp3) is 0.303. The summed E-state index contributed by atoms with van der Waals surface area (Å²) in [7, 11) is 2.85. The number of hydrazone groups is 1. The van der Waals surface area contributed by atoms with E-state index in [1.165, 1.54) is 7.11 Å². The van der Waals surface area contributed by atoms with Gasteiger partial charge in [-0.25, -0.2) is 9.59 Å². The molecular weight excluding hydrogens is 707 g/mol. The molecule has 2 amide bonds. The lowest BCUT2D eigenvalue weighted by atomic mass is 9.95. The van der Waals surface area contributed by atoms with E-state index in [9.17, 15) is 14.7 Å². The molecule has 4 rings (SSSR count). The zero-order valence-corrected chi connectivity index (χ0v) is 28.3. The van der Waals surface area contributed by atoms with Gasteiger partial charge in [0.05, 0.1) is 42.2 Å². The van der Waals surface area contributed by atoms with Crippen molar-refractivity contribution >= 4 is 40.8 Å². The van der Waals surface area contributed by atoms with E-state index >= 15 is 0 Å². The number of rotatable bonds is 14. The van der Waals surface area contributed by atoms with E-state index in [0.717, 1.165) is 20.3 Å². The molecule has 2 atom stereocenters. The number of aliphatic hydroxyl groups is 1. The van der Waals surface area contributed by atoms with Crippen molar-refractivity contribution in [2.45, 2.75) is 39.6 Å². The molecule has 3 aromatic carbocycles. The maximum Gasteiger partial charge on any atom is 0.337 e. The number of carbonyl (C=O) groups is 2. The van der Waals surface area contributed by atoms with Gasteiger partial charge in [0.15, 0.2) is 29.2 Å². The number of amides is 2. The van der Waals surface area contributed by atoms with Gasteiger partial charge in [0.25, 0.3) is 0 Å². The number of esters is 1. The lowest BCUT2D eigenvalue weighted by Crippen LogP contribution is -2.45. The Morgan fingerprint density at radius 2 is 1.87 bits per heavy atom. The van der Waals surface area contributed by atoms with Gasteiger partial charge in [0, 0.05) is 5.70 Å². The number of nitrogens with zero attached hydrogens (tertiary/aromatic N) is 1. The Morgan fingerprint density at radius 1 is 1.07 bits per heavy atom. The first kappa shape index (κ1) is 34.4. The van der Waals surface area contributed by atoms with E-state index in [1.807, 2.05) is 38.1 Å². The van der Waals surface area contributed by atoms with Crippen LogP contribution in [0.4, 0.5) is 4.79 Å². The van der Waals surface area contributed by atoms with Gasteiger partial charge in [-0.2, -0.15) is 5.10 Å². The Balaban J connectivity index is 1.39. The molecule has 0 unspecified atom stereocenters. The Labute approximate surface area is 281 Å². The summed E-state index contributed by atoms with van der Waals surface area (Å²) >= 11 is 2.19. The van der Waals surface area contributed by atoms with E-state index in [-0.39, 0.29) is 12.2 Å². The largest absolute Gasteiger partial charge is 0.493 e. The van der Waals surface area contributed by atoms with Crippen molar-refractivity contribution in [1.82, 2.24) is 16.1 Å². The number of ether oxygens (including phenoxy) is 5. The van der Waals surface area contributed by atoms with Crippen LogP contribution in [0.25, 0.3) is 0 Å². The zero-order chi connectivity index (χ0) is 33.2. The molecule has 1 heterocycles. The van der Waals surface area contributed by atoms with Crippen LogP contribution in [0, 0.1) is 10.5 Å². The second kappa shape index (κ2) is 16.2. The number of nitrogens with one attached hydrogen (secondary N) is 3. The molecule has 1 aliphatic rings. The molecule has 0 bridgehead atoms. The molecule has 46 heavy (non-hydrogen) atoms. The number of carbonyl (C=O) groups excluding carboxylic acids is 2. The van der Waals surface area contributed by atoms with Gasteiger partial charge in [-0.1, -0.05) is 35.9 Å². The second-order valence-corrected chi connectivity index (χ2v) is 11.4. The third kappa shape index (κ3) is 8.81. The zero-order valence-electron chi connectivity index (χ0n) is 26.2. The number of halogens is 1. The summed E-state index contributed by atoms with van der Waals surface area (Å²) in [5.41, 5.74) is 6.85. The monoisotopic (exact) mass is 744 g/mol. The maximum absolute atomic E-state index is 12.5. The molecular formula is C33H37IN4O8. The number of aryl methyl sites for hydroxylation is 1. The minimum Gasteiger partial charge on any atom is -0.493 e. The highest BCUT2D eigenvalue weighted by atomic mass is 127. The smallest absolute Gasteiger partial charge is 0.337 e. The van der Waals surface area contributed by atoms with Crippen LogP contribution in [0.1, 0.15) is 42.1 Å². The van der Waals surface area contributed by atoms with E-state index in [1.54, 1.807) is 44.5 Å². The maximum atomic E-state index is 12.5. The molecule has 0 aliphatic carbocycles. The first-order valence-electron chi connectivity index (χ1n) is 14.4. The van der Waals surface area contributed by atoms with Crippen molar-refractivity contribution in [2.75, 3.05) is 27.4 Å². The molecule has 244 valence electrons. The Hall–Kier alpha value is -4.50. The number of allylic oxidation sites excluding steroid dienone is 1. The fourth-order valence-corrected chi connectivity index (χ4v) is 5.51. The molecule has 0 fully saturated rings. The second-order valence-electron chi connectivity index (χ2n) is 10.2. The van der Waals surface area contributed by atoms with Crippen LogP contribution < -0.4 is 35.0 Å². The van der Waals surface area contributed by atoms with Crippen LogP contribution >= 0.6 is 22.6 Å². The van der Waals surface area contributed by atoms with Crippen molar-refractivity contribution in [3.63, 3.8) is 0 Å². The summed E-state index contributed by atoms with van der Waals surface area (Å²) in [4.78, 5) is 24.6. The van der Waals surface area contributed by atoms with Crippen molar-refractivity contribution in [3.05, 3.63) is 91.7 Å². The average Bonchev–Trinajstić information content (AvgIpc) is 3.03. The van der Waals surface area contributed by atoms with Crippen LogP contribution in [0.2, 0.25) is 0 Å². The van der Waals surface area contributed by atoms with E-state index < -0.39 is 24.3 Å². The van der Waals surface area contributed by atoms with Gasteiger partial charge < -0.3 is 39.4 Å². The minimum atomic E-state index is -1.15. The van der Waals surface area contributed by atoms with E-state index in [0.29, 0.717) is 47.5 Å². The van der Waals surface area contributed by atoms with E-state index in [2.05, 4.69) is 49.8 Å². The molecule has 0 saturated carbocycles. The fourth-order valence-electron chi connectivity index (χ4n) is 4.73. The van der Waals surface area contributed by atoms with Crippen LogP contribution in [-0.2, 0) is 16.1 Å². The summed E-state index contributed by atoms with van der Waals surface area (Å²) in [5.74, 6) is 1.35. The number of benzene rings is 3. The highest BCUT2D eigenvalue weighted by Crippen LogP contribution is 2.36. The lowest BCUT2D eigenvalue weighted by molar-refractivity contribution is -0.136. The van der Waals surface area contributed by atoms with Gasteiger partial charge >= 0.3 is 12.0 Å². The van der Waals surface area contributed by atoms with Gasteiger partial charge in [0.2, 0.25) is 0 Å². The van der Waals surface area contributed by atoms with Crippen LogP contribution in [-0.4, -0.2) is 57.0 Å². The third-order valence-corrected chi connectivity index (χ3v) is 7.63. The van der Waals surface area contributed by atoms with Crippen molar-refractivity contribution in [3.8, 4) is 23.0 Å². The molecule has 0 spiro atoms. The minimum absolute atomic E-state index is 0.153. The first-order chi connectivity index (χ1) is 22.1. The highest BCUT2D eigenvalue weighted by molar-refractivity contribution is 14.1. The van der Waals surface area contributed by atoms with Gasteiger partial charge in [0.1, 0.15) is 13.2 Å². The molecule has 0 aromatic heterocycles. The van der Waals surface area contributed by atoms with Crippen molar-refractivity contribution < 1.29 is 38.4 Å². The summed E-state index contributed by atoms with van der Waals surface area (Å²) in [6.45, 7) is 6.07. The van der Waals surface area contributed by atoms with Crippen molar-refractivity contribution in [2.24, 2.45) is 5.10 Å². The summed E-state index contributed by atoms with van der Waals surface area (Å²) in [6, 6.07) is 15.6. The Kier molecular flexibility index (Phi) is 12.1. The number of methoxy groups -OCH3 is 2. The van der Waals surface area contributed by atoms with Gasteiger partial charge in [-0.3, -0.25) is 5.43 Å². The summed E-state index contributed by atoms with van der Waals surface area (Å²) in [6.07, 6.45) is 0.406. The average molecular weight is 745 g/mol. The molecule has 0 radical (unpaired) electrons. The van der Waals surface area contributed by atoms with Gasteiger partial charge in [-0.05, 0) is 84.3 Å². The number of hydrogen-bond acceptors (Lipinski definition) is 10. The topological polar surface area (TPSA) is 149 Å². The van der Waals surface area contributed by atoms with E-state index in [4.69, 9.17) is 23.7 Å². The predicted octanol–water partition coefficient (Wildman–Crippen LogP) is 4.71. The SMILES string of the molecule is CCOc1cc([C@H]2NC(=O)NC(C)=C2C(=O)OC)ccc1OC[C@@H](O)N/N=C\c1cc(I)c(OCc2cccc(C)c2)c(OC)c1. The number of urea groups is 1. The molecule has 0 saturated heterocycles. The normalized spacial score (nSPS) is 15.1. The molecule has 12 nitrogen and oxygen atoms in total. The van der Waals surface area contributed by atoms with Crippen LogP contribution in [0.3, 0.4) is 0 Å². The van der Waals surface area contributed by atoms with Crippen LogP contribution in [0.5, 0.6) is 23.0 Å². The summed E-state index contributed by atoms with van der Waals surface area (Å²) < 4.78 is 29.0. The standard InChI is InChI=1S/C33H37IN4O8/c1-6-44-26-15-23(30-29(32(40)43-5)20(3)36-33(41)37-30)10-11-25(26)45-18-28(39)38-35-16-22-13-24(34)31(27(14-22)42-4)46-17-21-9-7-8-19(2)12-21/h7-16,28,30,38-39H,6,17-18H2,1-5H3,(H2,36,37,41)/b35-16-/t28-,30-/m1/s1. The number of hydrogen-bond donors (Lipinski definition) is 4. The van der Waals surface area contributed by atoms with Gasteiger partial charge in [-0.15, -0.1) is 0 Å². The predicted molar refractivity (Wildman–Crippen MR) is 180 cm³/mol. The van der Waals surface area contributed by atoms with Crippen LogP contribution in [0.15, 0.2) is 71.0 Å². The Morgan fingerprint density at radius 3 is 2.59 bits per heavy atom. The first-order valence-corrected chi connectivity index (χ1v) is 15.5. The summed E-state index contributed by atoms with van der Waals surface area (Å²) in [5, 5.41) is 20.0. The molecule has 4 N–H and O–H groups in total. The Bertz CT molecular complexity index is 1630. The van der Waals surface area contributed by atoms with Crippen molar-refractivity contribution in [1.29, 1.82) is 0 Å². The quantitative estimate of drug-likeness (QED) is 0.0606. The third-order valence-electron chi connectivity index (χ3n) is 6.83. The lowest BCUT2D eigenvalue weighted by Gasteiger charge is -2.28. The molecule has 3 aromatic rings. The highest BCUT2D eigenvalue weighted by Gasteiger charge is 2.32. The number of aliphatic hydroxyl groups excluding tert-OH is 1. The molecule has 1 aliphatic heterocycles. The molecule has 13 heteroatoms.